The summed E-state index contributed by atoms with van der Waals surface area (Å²) in [6, 6.07) is 12.1. The fourth-order valence-electron chi connectivity index (χ4n) is 3.71. The number of fused-ring (bicyclic) bond motifs is 1. The summed E-state index contributed by atoms with van der Waals surface area (Å²) in [4.78, 5) is 21.6. The lowest BCUT2D eigenvalue weighted by atomic mass is 10.1. The molecule has 1 saturated heterocycles. The molecule has 2 aromatic carbocycles. The molecule has 7 heteroatoms. The van der Waals surface area contributed by atoms with E-state index in [4.69, 9.17) is 16.3 Å². The Morgan fingerprint density at radius 2 is 1.90 bits per heavy atom. The first-order valence-corrected chi connectivity index (χ1v) is 9.79. The largest absolute Gasteiger partial charge is 0.496 e. The minimum absolute atomic E-state index is 0.153. The van der Waals surface area contributed by atoms with E-state index in [-0.39, 0.29) is 11.7 Å². The first-order chi connectivity index (χ1) is 14.0. The maximum atomic E-state index is 13.8. The molecule has 1 aliphatic rings. The number of nitrogens with zero attached hydrogens (tertiary/aromatic N) is 3. The summed E-state index contributed by atoms with van der Waals surface area (Å²) >= 11 is 6.09. The molecule has 2 heterocycles. The van der Waals surface area contributed by atoms with Gasteiger partial charge in [0.1, 0.15) is 17.3 Å². The van der Waals surface area contributed by atoms with Gasteiger partial charge in [-0.1, -0.05) is 17.7 Å². The number of hydrogen-bond acceptors (Lipinski definition) is 4. The van der Waals surface area contributed by atoms with Crippen LogP contribution in [0.25, 0.3) is 10.9 Å². The standard InChI is InChI=1S/C22H21ClFN3O2/c1-14-10-16(24)12-18-20(29-2)13-19(25-21(14)18)22(28)27-8-6-26(7-9-27)17-5-3-4-15(23)11-17/h3-5,10-13H,6-9H2,1-2H3. The lowest BCUT2D eigenvalue weighted by molar-refractivity contribution is 0.0741. The highest BCUT2D eigenvalue weighted by molar-refractivity contribution is 6.30. The number of carbonyl (C=O) groups excluding carboxylic acids is 1. The number of amides is 1. The van der Waals surface area contributed by atoms with Gasteiger partial charge in [0, 0.05) is 48.3 Å². The molecular formula is C22H21ClFN3O2. The Hall–Kier alpha value is -2.86. The molecule has 150 valence electrons. The molecule has 5 nitrogen and oxygen atoms in total. The lowest BCUT2D eigenvalue weighted by Crippen LogP contribution is -2.49. The maximum absolute atomic E-state index is 13.8. The zero-order chi connectivity index (χ0) is 20.5. The highest BCUT2D eigenvalue weighted by Crippen LogP contribution is 2.29. The van der Waals surface area contributed by atoms with Crippen molar-refractivity contribution in [1.29, 1.82) is 0 Å². The van der Waals surface area contributed by atoms with Crippen molar-refractivity contribution in [1.82, 2.24) is 9.88 Å². The molecule has 4 rings (SSSR count). The summed E-state index contributed by atoms with van der Waals surface area (Å²) < 4.78 is 19.2. The minimum atomic E-state index is -0.355. The van der Waals surface area contributed by atoms with Crippen molar-refractivity contribution in [3.8, 4) is 5.75 Å². The summed E-state index contributed by atoms with van der Waals surface area (Å²) in [5.41, 5.74) is 2.60. The van der Waals surface area contributed by atoms with Gasteiger partial charge in [0.2, 0.25) is 0 Å². The van der Waals surface area contributed by atoms with Crippen molar-refractivity contribution in [2.24, 2.45) is 0 Å². The van der Waals surface area contributed by atoms with Gasteiger partial charge in [0.05, 0.1) is 12.6 Å². The van der Waals surface area contributed by atoms with Crippen molar-refractivity contribution in [2.45, 2.75) is 6.92 Å². The van der Waals surface area contributed by atoms with Crippen LogP contribution in [0.2, 0.25) is 5.02 Å². The van der Waals surface area contributed by atoms with Crippen LogP contribution >= 0.6 is 11.6 Å². The van der Waals surface area contributed by atoms with Gasteiger partial charge in [-0.2, -0.15) is 0 Å². The zero-order valence-electron chi connectivity index (χ0n) is 16.3. The molecule has 0 unspecified atom stereocenters. The second-order valence-corrected chi connectivity index (χ2v) is 7.52. The molecule has 0 spiro atoms. The summed E-state index contributed by atoms with van der Waals surface area (Å²) in [7, 11) is 1.51. The van der Waals surface area contributed by atoms with Gasteiger partial charge in [-0.25, -0.2) is 9.37 Å². The smallest absolute Gasteiger partial charge is 0.272 e. The topological polar surface area (TPSA) is 45.7 Å². The zero-order valence-corrected chi connectivity index (χ0v) is 17.0. The summed E-state index contributed by atoms with van der Waals surface area (Å²) in [5.74, 6) is -0.0653. The van der Waals surface area contributed by atoms with Crippen LogP contribution in [0.4, 0.5) is 10.1 Å². The fourth-order valence-corrected chi connectivity index (χ4v) is 3.89. The number of pyridine rings is 1. The van der Waals surface area contributed by atoms with E-state index < -0.39 is 0 Å². The fraction of sp³-hybridized carbons (Fsp3) is 0.273. The number of ether oxygens (including phenoxy) is 1. The molecule has 0 aliphatic carbocycles. The average molecular weight is 414 g/mol. The van der Waals surface area contributed by atoms with Crippen molar-refractivity contribution in [3.63, 3.8) is 0 Å². The number of halogens is 2. The van der Waals surface area contributed by atoms with Crippen LogP contribution in [-0.2, 0) is 0 Å². The number of aromatic nitrogens is 1. The third kappa shape index (κ3) is 3.85. The van der Waals surface area contributed by atoms with E-state index >= 15 is 0 Å². The van der Waals surface area contributed by atoms with Crippen LogP contribution in [-0.4, -0.2) is 49.1 Å². The molecule has 3 aromatic rings. The van der Waals surface area contributed by atoms with E-state index in [2.05, 4.69) is 9.88 Å². The SMILES string of the molecule is COc1cc(C(=O)N2CCN(c3cccc(Cl)c3)CC2)nc2c(C)cc(F)cc12. The average Bonchev–Trinajstić information content (AvgIpc) is 2.72. The van der Waals surface area contributed by atoms with E-state index in [1.165, 1.54) is 19.2 Å². The number of hydrogen-bond donors (Lipinski definition) is 0. The van der Waals surface area contributed by atoms with Crippen molar-refractivity contribution >= 4 is 34.1 Å². The van der Waals surface area contributed by atoms with E-state index in [0.717, 1.165) is 5.69 Å². The molecular weight excluding hydrogens is 393 g/mol. The van der Waals surface area contributed by atoms with Gasteiger partial charge < -0.3 is 14.5 Å². The van der Waals surface area contributed by atoms with Gasteiger partial charge in [-0.3, -0.25) is 4.79 Å². The van der Waals surface area contributed by atoms with Crippen LogP contribution in [0, 0.1) is 12.7 Å². The highest BCUT2D eigenvalue weighted by atomic mass is 35.5. The van der Waals surface area contributed by atoms with Gasteiger partial charge in [-0.15, -0.1) is 0 Å². The van der Waals surface area contributed by atoms with Crippen LogP contribution in [0.1, 0.15) is 16.1 Å². The Morgan fingerprint density at radius 3 is 2.59 bits per heavy atom. The Balaban J connectivity index is 1.57. The first-order valence-electron chi connectivity index (χ1n) is 9.41. The second kappa shape index (κ2) is 7.87. The second-order valence-electron chi connectivity index (χ2n) is 7.09. The van der Waals surface area contributed by atoms with E-state index in [0.29, 0.717) is 59.1 Å². The van der Waals surface area contributed by atoms with Crippen molar-refractivity contribution < 1.29 is 13.9 Å². The van der Waals surface area contributed by atoms with Gasteiger partial charge in [0.15, 0.2) is 0 Å². The molecule has 0 atom stereocenters. The highest BCUT2D eigenvalue weighted by Gasteiger charge is 2.24. The van der Waals surface area contributed by atoms with Gasteiger partial charge in [0.25, 0.3) is 5.91 Å². The molecule has 1 aliphatic heterocycles. The number of methoxy groups -OCH3 is 1. The van der Waals surface area contributed by atoms with Gasteiger partial charge in [-0.05, 0) is 42.8 Å². The molecule has 1 aromatic heterocycles. The maximum Gasteiger partial charge on any atom is 0.272 e. The van der Waals surface area contributed by atoms with E-state index in [1.54, 1.807) is 17.9 Å². The third-order valence-electron chi connectivity index (χ3n) is 5.21. The van der Waals surface area contributed by atoms with E-state index in [9.17, 15) is 9.18 Å². The number of carbonyl (C=O) groups is 1. The normalized spacial score (nSPS) is 14.3. The number of anilines is 1. The quantitative estimate of drug-likeness (QED) is 0.642. The van der Waals surface area contributed by atoms with Crippen molar-refractivity contribution in [2.75, 3.05) is 38.2 Å². The predicted octanol–water partition coefficient (Wildman–Crippen LogP) is 4.31. The molecule has 0 radical (unpaired) electrons. The Labute approximate surface area is 173 Å². The summed E-state index contributed by atoms with van der Waals surface area (Å²) in [5, 5.41) is 1.26. The van der Waals surface area contributed by atoms with Crippen LogP contribution in [0.3, 0.4) is 0 Å². The van der Waals surface area contributed by atoms with Crippen LogP contribution in [0.5, 0.6) is 5.75 Å². The summed E-state index contributed by atoms with van der Waals surface area (Å²) in [6.07, 6.45) is 0. The Morgan fingerprint density at radius 1 is 1.14 bits per heavy atom. The Bertz CT molecular complexity index is 1080. The number of rotatable bonds is 3. The number of aryl methyl sites for hydroxylation is 1. The lowest BCUT2D eigenvalue weighted by Gasteiger charge is -2.36. The molecule has 29 heavy (non-hydrogen) atoms. The van der Waals surface area contributed by atoms with Gasteiger partial charge >= 0.3 is 0 Å². The third-order valence-corrected chi connectivity index (χ3v) is 5.45. The number of piperazine rings is 1. The minimum Gasteiger partial charge on any atom is -0.496 e. The molecule has 1 amide bonds. The van der Waals surface area contributed by atoms with Crippen LogP contribution in [0.15, 0.2) is 42.5 Å². The van der Waals surface area contributed by atoms with Crippen molar-refractivity contribution in [3.05, 3.63) is 64.6 Å². The monoisotopic (exact) mass is 413 g/mol. The van der Waals surface area contributed by atoms with Crippen LogP contribution < -0.4 is 9.64 Å². The molecule has 0 saturated carbocycles. The first kappa shape index (κ1) is 19.5. The Kier molecular flexibility index (Phi) is 5.28. The predicted molar refractivity (Wildman–Crippen MR) is 113 cm³/mol. The molecule has 1 fully saturated rings. The molecule has 0 N–H and O–H groups in total. The summed E-state index contributed by atoms with van der Waals surface area (Å²) in [6.45, 7) is 4.35. The van der Waals surface area contributed by atoms with E-state index in [1.807, 2.05) is 24.3 Å². The number of benzene rings is 2. The molecule has 0 bridgehead atoms.